The van der Waals surface area contributed by atoms with E-state index >= 15 is 0 Å². The lowest BCUT2D eigenvalue weighted by Gasteiger charge is -2.09. The maximum Gasteiger partial charge on any atom is 0.0595 e. The lowest BCUT2D eigenvalue weighted by molar-refractivity contribution is 0.699. The number of hydrogen-bond acceptors (Lipinski definition) is 2. The molecule has 4 N–H and O–H groups in total. The van der Waals surface area contributed by atoms with Crippen molar-refractivity contribution >= 4 is 58.8 Å². The Morgan fingerprint density at radius 2 is 1.00 bits per heavy atom. The minimum atomic E-state index is 0. The van der Waals surface area contributed by atoms with Crippen LogP contribution in [0.3, 0.4) is 0 Å². The Morgan fingerprint density at radius 1 is 0.680 bits per heavy atom. The maximum atomic E-state index is 5.83. The number of hydrogen-bond donors (Lipinski definition) is 2. The van der Waals surface area contributed by atoms with Crippen LogP contribution in [0.25, 0.3) is 0 Å². The molecule has 0 bridgehead atoms. The van der Waals surface area contributed by atoms with E-state index in [1.54, 1.807) is 12.1 Å². The minimum absolute atomic E-state index is 0. The van der Waals surface area contributed by atoms with Crippen molar-refractivity contribution in [3.8, 4) is 0 Å². The second-order valence-corrected chi connectivity index (χ2v) is 7.01. The Bertz CT molecular complexity index is 606. The molecule has 0 spiro atoms. The first-order valence-electron chi connectivity index (χ1n) is 7.71. The molecular formula is C18H23Cl5N2. The molecule has 0 aliphatic carbocycles. The normalized spacial score (nSPS) is 12.5. The van der Waals surface area contributed by atoms with Crippen LogP contribution in [0, 0.1) is 0 Å². The monoisotopic (exact) mass is 442 g/mol. The predicted octanol–water partition coefficient (Wildman–Crippen LogP) is 7.23. The summed E-state index contributed by atoms with van der Waals surface area (Å²) in [5.74, 6) is 0. The Morgan fingerprint density at radius 3 is 1.24 bits per heavy atom. The smallest absolute Gasteiger partial charge is 0.0595 e. The van der Waals surface area contributed by atoms with Gasteiger partial charge in [-0.15, -0.1) is 12.4 Å². The van der Waals surface area contributed by atoms with Gasteiger partial charge in [0.15, 0.2) is 0 Å². The van der Waals surface area contributed by atoms with Crippen molar-refractivity contribution in [1.82, 2.24) is 0 Å². The van der Waals surface area contributed by atoms with Gasteiger partial charge in [0, 0.05) is 12.1 Å². The van der Waals surface area contributed by atoms with Crippen LogP contribution < -0.4 is 11.5 Å². The largest absolute Gasteiger partial charge is 0.324 e. The summed E-state index contributed by atoms with van der Waals surface area (Å²) in [6, 6.07) is 11.1. The van der Waals surface area contributed by atoms with Gasteiger partial charge in [0.2, 0.25) is 0 Å². The summed E-state index contributed by atoms with van der Waals surface area (Å²) in [5.41, 5.74) is 13.7. The van der Waals surface area contributed by atoms with Crippen LogP contribution in [0.1, 0.15) is 49.9 Å². The first-order chi connectivity index (χ1) is 11.3. The predicted molar refractivity (Wildman–Crippen MR) is 115 cm³/mol. The summed E-state index contributed by atoms with van der Waals surface area (Å²) in [7, 11) is 0. The van der Waals surface area contributed by atoms with Gasteiger partial charge in [-0.05, 0) is 48.2 Å². The molecule has 2 rings (SSSR count). The first kappa shape index (κ1) is 24.8. The van der Waals surface area contributed by atoms with Crippen LogP contribution in [0.4, 0.5) is 0 Å². The minimum Gasteiger partial charge on any atom is -0.324 e. The van der Waals surface area contributed by atoms with Crippen LogP contribution in [-0.4, -0.2) is 0 Å². The second kappa shape index (κ2) is 12.2. The zero-order chi connectivity index (χ0) is 18.3. The van der Waals surface area contributed by atoms with E-state index in [0.717, 1.165) is 24.0 Å². The Kier molecular flexibility index (Phi) is 12.1. The molecule has 0 aliphatic rings. The third kappa shape index (κ3) is 7.92. The number of benzene rings is 2. The van der Waals surface area contributed by atoms with Gasteiger partial charge in [-0.3, -0.25) is 0 Å². The lowest BCUT2D eigenvalue weighted by Crippen LogP contribution is -2.08. The van der Waals surface area contributed by atoms with Gasteiger partial charge in [0.05, 0.1) is 20.1 Å². The van der Waals surface area contributed by atoms with Gasteiger partial charge in [0.25, 0.3) is 0 Å². The Balaban J connectivity index is 0.000000443. The topological polar surface area (TPSA) is 52.0 Å². The quantitative estimate of drug-likeness (QED) is 0.523. The molecule has 140 valence electrons. The maximum absolute atomic E-state index is 5.83. The van der Waals surface area contributed by atoms with Crippen molar-refractivity contribution in [3.63, 3.8) is 0 Å². The molecule has 0 heterocycles. The molecule has 25 heavy (non-hydrogen) atoms. The summed E-state index contributed by atoms with van der Waals surface area (Å²) in [5, 5.41) is 2.28. The summed E-state index contributed by atoms with van der Waals surface area (Å²) in [6.07, 6.45) is 1.80. The summed E-state index contributed by atoms with van der Waals surface area (Å²) >= 11 is 23.2. The fourth-order valence-corrected chi connectivity index (χ4v) is 2.57. The van der Waals surface area contributed by atoms with E-state index in [4.69, 9.17) is 57.9 Å². The van der Waals surface area contributed by atoms with E-state index in [0.29, 0.717) is 20.1 Å². The fraction of sp³-hybridized carbons (Fsp3) is 0.333. The molecule has 7 heteroatoms. The Labute approximate surface area is 176 Å². The SMILES string of the molecule is CCC(N)c1ccc(Cl)c(Cl)c1.CCC(N)c1ccc(Cl)c(Cl)c1.Cl. The van der Waals surface area contributed by atoms with Crippen LogP contribution in [0.15, 0.2) is 36.4 Å². The highest BCUT2D eigenvalue weighted by Crippen LogP contribution is 2.26. The van der Waals surface area contributed by atoms with Crippen molar-refractivity contribution < 1.29 is 0 Å². The van der Waals surface area contributed by atoms with Gasteiger partial charge < -0.3 is 11.5 Å². The average molecular weight is 445 g/mol. The zero-order valence-electron chi connectivity index (χ0n) is 14.1. The van der Waals surface area contributed by atoms with Crippen molar-refractivity contribution in [1.29, 1.82) is 0 Å². The molecule has 0 amide bonds. The van der Waals surface area contributed by atoms with Crippen molar-refractivity contribution in [3.05, 3.63) is 67.6 Å². The van der Waals surface area contributed by atoms with E-state index in [-0.39, 0.29) is 24.5 Å². The number of nitrogens with two attached hydrogens (primary N) is 2. The highest BCUT2D eigenvalue weighted by molar-refractivity contribution is 6.42. The highest BCUT2D eigenvalue weighted by Gasteiger charge is 2.06. The molecule has 2 unspecified atom stereocenters. The van der Waals surface area contributed by atoms with Gasteiger partial charge >= 0.3 is 0 Å². The molecule has 0 saturated carbocycles. The summed E-state index contributed by atoms with van der Waals surface area (Å²) in [6.45, 7) is 4.07. The van der Waals surface area contributed by atoms with Crippen molar-refractivity contribution in [2.45, 2.75) is 38.8 Å². The van der Waals surface area contributed by atoms with E-state index in [9.17, 15) is 0 Å². The molecule has 0 aromatic heterocycles. The molecule has 2 nitrogen and oxygen atoms in total. The number of rotatable bonds is 4. The van der Waals surface area contributed by atoms with Gasteiger partial charge in [0.1, 0.15) is 0 Å². The van der Waals surface area contributed by atoms with E-state index in [1.807, 2.05) is 38.1 Å². The molecule has 0 saturated heterocycles. The molecule has 0 aliphatic heterocycles. The first-order valence-corrected chi connectivity index (χ1v) is 9.22. The summed E-state index contributed by atoms with van der Waals surface area (Å²) in [4.78, 5) is 0. The molecule has 2 atom stereocenters. The van der Waals surface area contributed by atoms with Gasteiger partial charge in [-0.1, -0.05) is 72.4 Å². The highest BCUT2D eigenvalue weighted by atomic mass is 35.5. The number of halogens is 5. The fourth-order valence-electron chi connectivity index (χ4n) is 1.96. The van der Waals surface area contributed by atoms with Crippen molar-refractivity contribution in [2.75, 3.05) is 0 Å². The van der Waals surface area contributed by atoms with E-state index < -0.39 is 0 Å². The molecule has 0 fully saturated rings. The molecule has 2 aromatic rings. The molecule has 2 aromatic carbocycles. The van der Waals surface area contributed by atoms with Crippen LogP contribution in [-0.2, 0) is 0 Å². The van der Waals surface area contributed by atoms with Crippen LogP contribution >= 0.6 is 58.8 Å². The molecule has 0 radical (unpaired) electrons. The zero-order valence-corrected chi connectivity index (χ0v) is 17.9. The Hall–Kier alpha value is -0.190. The second-order valence-electron chi connectivity index (χ2n) is 5.38. The third-order valence-corrected chi connectivity index (χ3v) is 5.10. The van der Waals surface area contributed by atoms with Crippen molar-refractivity contribution in [2.24, 2.45) is 11.5 Å². The van der Waals surface area contributed by atoms with Gasteiger partial charge in [-0.25, -0.2) is 0 Å². The van der Waals surface area contributed by atoms with Crippen LogP contribution in [0.5, 0.6) is 0 Å². The van der Waals surface area contributed by atoms with E-state index in [1.165, 1.54) is 0 Å². The van der Waals surface area contributed by atoms with Gasteiger partial charge in [-0.2, -0.15) is 0 Å². The lowest BCUT2D eigenvalue weighted by atomic mass is 10.1. The molecular weight excluding hydrogens is 421 g/mol. The van der Waals surface area contributed by atoms with Crippen LogP contribution in [0.2, 0.25) is 20.1 Å². The standard InChI is InChI=1S/2C9H11Cl2N.ClH/c2*1-2-9(12)6-3-4-7(10)8(11)5-6;/h2*3-5,9H,2,12H2,1H3;1H. The average Bonchev–Trinajstić information content (AvgIpc) is 2.58. The third-order valence-electron chi connectivity index (χ3n) is 3.62. The summed E-state index contributed by atoms with van der Waals surface area (Å²) < 4.78 is 0. The van der Waals surface area contributed by atoms with E-state index in [2.05, 4.69) is 0 Å².